The van der Waals surface area contributed by atoms with E-state index >= 15 is 0 Å². The van der Waals surface area contributed by atoms with Crippen molar-refractivity contribution >= 4 is 38.8 Å². The van der Waals surface area contributed by atoms with Crippen LogP contribution in [0.4, 0.5) is 11.4 Å². The van der Waals surface area contributed by atoms with Crippen molar-refractivity contribution in [3.05, 3.63) is 40.4 Å². The average Bonchev–Trinajstić information content (AvgIpc) is 3.02. The summed E-state index contributed by atoms with van der Waals surface area (Å²) in [4.78, 5) is 21.1. The Hall–Kier alpha value is -2.84. The molecule has 0 spiro atoms. The summed E-state index contributed by atoms with van der Waals surface area (Å²) in [6, 6.07) is 7.30. The van der Waals surface area contributed by atoms with Gasteiger partial charge < -0.3 is 25.4 Å². The van der Waals surface area contributed by atoms with E-state index in [2.05, 4.69) is 23.3 Å². The molecule has 0 atom stereocenters. The van der Waals surface area contributed by atoms with Crippen LogP contribution in [0, 0.1) is 0 Å². The molecule has 7 nitrogen and oxygen atoms in total. The first-order valence-electron chi connectivity index (χ1n) is 8.93. The Balaban J connectivity index is 1.65. The van der Waals surface area contributed by atoms with Gasteiger partial charge in [0.05, 0.1) is 19.9 Å². The van der Waals surface area contributed by atoms with Gasteiger partial charge in [0.1, 0.15) is 9.71 Å². The third-order valence-electron chi connectivity index (χ3n) is 4.91. The second kappa shape index (κ2) is 7.29. The van der Waals surface area contributed by atoms with Crippen LogP contribution in [0.2, 0.25) is 0 Å². The Morgan fingerprint density at radius 1 is 1.25 bits per heavy atom. The number of pyridine rings is 1. The van der Waals surface area contributed by atoms with Crippen molar-refractivity contribution in [1.82, 2.24) is 9.88 Å². The van der Waals surface area contributed by atoms with Crippen LogP contribution >= 0.6 is 11.3 Å². The van der Waals surface area contributed by atoms with Crippen LogP contribution in [0.15, 0.2) is 24.3 Å². The van der Waals surface area contributed by atoms with E-state index in [4.69, 9.17) is 20.2 Å². The fraction of sp³-hybridized carbons (Fsp3) is 0.300. The minimum Gasteiger partial charge on any atom is -0.493 e. The van der Waals surface area contributed by atoms with Gasteiger partial charge in [-0.15, -0.1) is 11.3 Å². The van der Waals surface area contributed by atoms with Crippen molar-refractivity contribution in [3.8, 4) is 11.5 Å². The predicted molar refractivity (Wildman–Crippen MR) is 112 cm³/mol. The number of carbonyl (C=O) groups excluding carboxylic acids is 1. The predicted octanol–water partition coefficient (Wildman–Crippen LogP) is 3.14. The highest BCUT2D eigenvalue weighted by molar-refractivity contribution is 7.21. The quantitative estimate of drug-likeness (QED) is 0.702. The summed E-state index contributed by atoms with van der Waals surface area (Å²) in [5.41, 5.74) is 9.67. The highest BCUT2D eigenvalue weighted by atomic mass is 32.1. The molecule has 3 heterocycles. The number of anilines is 2. The molecule has 0 saturated carbocycles. The van der Waals surface area contributed by atoms with Gasteiger partial charge in [0.2, 0.25) is 0 Å². The molecule has 28 heavy (non-hydrogen) atoms. The lowest BCUT2D eigenvalue weighted by atomic mass is 10.0. The number of hydrogen-bond acceptors (Lipinski definition) is 7. The van der Waals surface area contributed by atoms with E-state index in [1.54, 1.807) is 32.4 Å². The SMILES string of the molecule is COc1ccc(NC(=O)c2sc3nc4c(cc3c2N)CN(C)CC4)cc1OC. The molecule has 0 fully saturated rings. The minimum absolute atomic E-state index is 0.261. The van der Waals surface area contributed by atoms with Gasteiger partial charge in [-0.25, -0.2) is 4.98 Å². The number of nitrogens with two attached hydrogens (primary N) is 1. The molecule has 3 N–H and O–H groups in total. The van der Waals surface area contributed by atoms with E-state index in [9.17, 15) is 4.79 Å². The molecule has 1 aliphatic rings. The molecular formula is C20H22N4O3S. The first-order chi connectivity index (χ1) is 13.5. The van der Waals surface area contributed by atoms with Crippen molar-refractivity contribution in [2.24, 2.45) is 0 Å². The number of methoxy groups -OCH3 is 2. The summed E-state index contributed by atoms with van der Waals surface area (Å²) in [6.07, 6.45) is 0.909. The number of fused-ring (bicyclic) bond motifs is 2. The summed E-state index contributed by atoms with van der Waals surface area (Å²) in [6.45, 7) is 1.83. The van der Waals surface area contributed by atoms with E-state index in [0.717, 1.165) is 35.4 Å². The van der Waals surface area contributed by atoms with Gasteiger partial charge in [0, 0.05) is 42.3 Å². The third kappa shape index (κ3) is 3.25. The van der Waals surface area contributed by atoms with Crippen LogP contribution in [0.3, 0.4) is 0 Å². The summed E-state index contributed by atoms with van der Waals surface area (Å²) >= 11 is 1.32. The van der Waals surface area contributed by atoms with Crippen molar-refractivity contribution < 1.29 is 14.3 Å². The fourth-order valence-corrected chi connectivity index (χ4v) is 4.40. The summed E-state index contributed by atoms with van der Waals surface area (Å²) in [5.74, 6) is 0.882. The first-order valence-corrected chi connectivity index (χ1v) is 9.74. The molecule has 146 valence electrons. The van der Waals surface area contributed by atoms with Crippen LogP contribution in [0.25, 0.3) is 10.2 Å². The van der Waals surface area contributed by atoms with Crippen LogP contribution in [-0.2, 0) is 13.0 Å². The number of benzene rings is 1. The fourth-order valence-electron chi connectivity index (χ4n) is 3.41. The van der Waals surface area contributed by atoms with Crippen LogP contribution in [0.1, 0.15) is 20.9 Å². The van der Waals surface area contributed by atoms with E-state index in [1.807, 2.05) is 0 Å². The van der Waals surface area contributed by atoms with Crippen molar-refractivity contribution in [2.45, 2.75) is 13.0 Å². The molecule has 2 aromatic heterocycles. The number of aromatic nitrogens is 1. The van der Waals surface area contributed by atoms with Gasteiger partial charge in [-0.05, 0) is 30.8 Å². The van der Waals surface area contributed by atoms with Crippen LogP contribution in [-0.4, -0.2) is 43.6 Å². The van der Waals surface area contributed by atoms with Crippen molar-refractivity contribution in [1.29, 1.82) is 0 Å². The molecule has 1 aliphatic heterocycles. The Bertz CT molecular complexity index is 1060. The van der Waals surface area contributed by atoms with Gasteiger partial charge in [-0.3, -0.25) is 4.79 Å². The number of rotatable bonds is 4. The number of hydrogen-bond donors (Lipinski definition) is 2. The molecule has 4 rings (SSSR count). The first kappa shape index (κ1) is 18.5. The molecular weight excluding hydrogens is 376 g/mol. The molecule has 3 aromatic rings. The number of nitrogens with zero attached hydrogens (tertiary/aromatic N) is 2. The highest BCUT2D eigenvalue weighted by Gasteiger charge is 2.22. The third-order valence-corrected chi connectivity index (χ3v) is 6.02. The molecule has 8 heteroatoms. The number of ether oxygens (including phenoxy) is 2. The lowest BCUT2D eigenvalue weighted by Crippen LogP contribution is -2.27. The van der Waals surface area contributed by atoms with Crippen molar-refractivity contribution in [3.63, 3.8) is 0 Å². The van der Waals surface area contributed by atoms with Crippen LogP contribution in [0.5, 0.6) is 11.5 Å². The van der Waals surface area contributed by atoms with Gasteiger partial charge in [-0.1, -0.05) is 0 Å². The minimum atomic E-state index is -0.261. The van der Waals surface area contributed by atoms with Gasteiger partial charge >= 0.3 is 0 Å². The van der Waals surface area contributed by atoms with E-state index in [1.165, 1.54) is 16.9 Å². The maximum Gasteiger partial charge on any atom is 0.267 e. The van der Waals surface area contributed by atoms with Gasteiger partial charge in [-0.2, -0.15) is 0 Å². The Morgan fingerprint density at radius 3 is 2.79 bits per heavy atom. The van der Waals surface area contributed by atoms with Crippen molar-refractivity contribution in [2.75, 3.05) is 38.9 Å². The normalized spacial score (nSPS) is 14.0. The second-order valence-electron chi connectivity index (χ2n) is 6.80. The molecule has 0 saturated heterocycles. The van der Waals surface area contributed by atoms with E-state index in [-0.39, 0.29) is 5.91 Å². The summed E-state index contributed by atoms with van der Waals surface area (Å²) in [7, 11) is 5.21. The highest BCUT2D eigenvalue weighted by Crippen LogP contribution is 2.36. The second-order valence-corrected chi connectivity index (χ2v) is 7.80. The topological polar surface area (TPSA) is 89.7 Å². The zero-order valence-corrected chi connectivity index (χ0v) is 16.9. The molecule has 1 aromatic carbocycles. The number of likely N-dealkylation sites (N-methyl/N-ethyl adjacent to an activating group) is 1. The molecule has 0 bridgehead atoms. The monoisotopic (exact) mass is 398 g/mol. The smallest absolute Gasteiger partial charge is 0.267 e. The lowest BCUT2D eigenvalue weighted by molar-refractivity contribution is 0.103. The number of nitrogens with one attached hydrogen (secondary N) is 1. The standard InChI is InChI=1S/C20H22N4O3S/c1-24-7-6-14-11(10-24)8-13-17(21)18(28-20(13)23-14)19(25)22-12-4-5-15(26-2)16(9-12)27-3/h4-5,8-9H,6-7,10,21H2,1-3H3,(H,22,25). The van der Waals surface area contributed by atoms with Gasteiger partial charge in [0.15, 0.2) is 11.5 Å². The lowest BCUT2D eigenvalue weighted by Gasteiger charge is -2.24. The Morgan fingerprint density at radius 2 is 2.04 bits per heavy atom. The Kier molecular flexibility index (Phi) is 4.82. The number of amides is 1. The number of carbonyl (C=O) groups is 1. The number of thiophene rings is 1. The Labute approximate surface area is 167 Å². The molecule has 0 unspecified atom stereocenters. The maximum absolute atomic E-state index is 12.8. The van der Waals surface area contributed by atoms with Crippen LogP contribution < -0.4 is 20.5 Å². The average molecular weight is 398 g/mol. The zero-order valence-electron chi connectivity index (χ0n) is 16.0. The van der Waals surface area contributed by atoms with Gasteiger partial charge in [0.25, 0.3) is 5.91 Å². The maximum atomic E-state index is 12.8. The summed E-state index contributed by atoms with van der Waals surface area (Å²) < 4.78 is 10.5. The molecule has 0 radical (unpaired) electrons. The van der Waals surface area contributed by atoms with E-state index < -0.39 is 0 Å². The molecule has 1 amide bonds. The number of nitrogen functional groups attached to an aromatic ring is 1. The largest absolute Gasteiger partial charge is 0.493 e. The zero-order chi connectivity index (χ0) is 19.8. The summed E-state index contributed by atoms with van der Waals surface area (Å²) in [5, 5.41) is 3.73. The van der Waals surface area contributed by atoms with E-state index in [0.29, 0.717) is 27.8 Å². The molecule has 0 aliphatic carbocycles.